The molecule has 0 atom stereocenters. The van der Waals surface area contributed by atoms with Crippen LogP contribution in [0.2, 0.25) is 5.02 Å². The van der Waals surface area contributed by atoms with Crippen molar-refractivity contribution in [2.45, 2.75) is 33.2 Å². The first kappa shape index (κ1) is 17.3. The number of hydrogen-bond donors (Lipinski definition) is 2. The molecule has 8 heteroatoms. The van der Waals surface area contributed by atoms with E-state index < -0.39 is 0 Å². The summed E-state index contributed by atoms with van der Waals surface area (Å²) < 4.78 is 1.68. The molecule has 7 nitrogen and oxygen atoms in total. The van der Waals surface area contributed by atoms with Crippen molar-refractivity contribution in [2.24, 2.45) is 5.73 Å². The number of fused-ring (bicyclic) bond motifs is 1. The number of carbonyl (C=O) groups excluding carboxylic acids is 1. The van der Waals surface area contributed by atoms with Crippen molar-refractivity contribution in [3.63, 3.8) is 0 Å². The van der Waals surface area contributed by atoms with E-state index in [0.29, 0.717) is 35.2 Å². The van der Waals surface area contributed by atoms with E-state index in [1.807, 2.05) is 13.8 Å². The molecular weight excluding hydrogens is 340 g/mol. The fourth-order valence-corrected chi connectivity index (χ4v) is 2.92. The number of rotatable bonds is 5. The van der Waals surface area contributed by atoms with E-state index in [2.05, 4.69) is 20.4 Å². The normalized spacial score (nSPS) is 11.0. The Labute approximate surface area is 150 Å². The molecule has 1 aromatic carbocycles. The van der Waals surface area contributed by atoms with Crippen LogP contribution in [0.3, 0.4) is 0 Å². The highest BCUT2D eigenvalue weighted by Gasteiger charge is 2.14. The van der Waals surface area contributed by atoms with Gasteiger partial charge in [0.15, 0.2) is 5.82 Å². The Morgan fingerprint density at radius 2 is 2.12 bits per heavy atom. The summed E-state index contributed by atoms with van der Waals surface area (Å²) in [5, 5.41) is 7.77. The van der Waals surface area contributed by atoms with Crippen molar-refractivity contribution in [3.8, 4) is 0 Å². The molecule has 0 aliphatic heterocycles. The van der Waals surface area contributed by atoms with Crippen LogP contribution in [0.5, 0.6) is 0 Å². The van der Waals surface area contributed by atoms with Crippen molar-refractivity contribution < 1.29 is 4.79 Å². The predicted octanol–water partition coefficient (Wildman–Crippen LogP) is 2.42. The molecule has 0 aliphatic carbocycles. The molecule has 3 aromatic rings. The third-order valence-electron chi connectivity index (χ3n) is 3.99. The standard InChI is InChI=1S/C17H19ClN6O/c1-10-14(11(2)24-17(20-10)22-15(9-19)23-24)6-7-16(25)21-13-5-3-4-12(18)8-13/h3-5,8H,6-7,9,19H2,1-2H3,(H,21,25). The number of amides is 1. The predicted molar refractivity (Wildman–Crippen MR) is 96.6 cm³/mol. The highest BCUT2D eigenvalue weighted by Crippen LogP contribution is 2.18. The summed E-state index contributed by atoms with van der Waals surface area (Å²) >= 11 is 5.93. The van der Waals surface area contributed by atoms with Crippen LogP contribution in [0.4, 0.5) is 5.69 Å². The lowest BCUT2D eigenvalue weighted by atomic mass is 10.1. The molecule has 0 saturated carbocycles. The zero-order valence-corrected chi connectivity index (χ0v) is 14.8. The van der Waals surface area contributed by atoms with E-state index in [4.69, 9.17) is 17.3 Å². The monoisotopic (exact) mass is 358 g/mol. The van der Waals surface area contributed by atoms with Crippen molar-refractivity contribution in [1.29, 1.82) is 0 Å². The van der Waals surface area contributed by atoms with E-state index >= 15 is 0 Å². The molecule has 25 heavy (non-hydrogen) atoms. The summed E-state index contributed by atoms with van der Waals surface area (Å²) in [6.07, 6.45) is 0.893. The number of nitrogens with two attached hydrogens (primary N) is 1. The van der Waals surface area contributed by atoms with Crippen LogP contribution in [-0.2, 0) is 17.8 Å². The van der Waals surface area contributed by atoms with Gasteiger partial charge >= 0.3 is 0 Å². The molecule has 0 unspecified atom stereocenters. The van der Waals surface area contributed by atoms with Crippen LogP contribution in [0.15, 0.2) is 24.3 Å². The van der Waals surface area contributed by atoms with Gasteiger partial charge in [-0.3, -0.25) is 4.79 Å². The van der Waals surface area contributed by atoms with Crippen LogP contribution in [0.25, 0.3) is 5.78 Å². The minimum Gasteiger partial charge on any atom is -0.326 e. The highest BCUT2D eigenvalue weighted by molar-refractivity contribution is 6.30. The first-order chi connectivity index (χ1) is 12.0. The summed E-state index contributed by atoms with van der Waals surface area (Å²) in [7, 11) is 0. The number of nitrogens with zero attached hydrogens (tertiary/aromatic N) is 4. The van der Waals surface area contributed by atoms with E-state index in [0.717, 1.165) is 17.0 Å². The van der Waals surface area contributed by atoms with Gasteiger partial charge in [0.25, 0.3) is 5.78 Å². The summed E-state index contributed by atoms with van der Waals surface area (Å²) in [5.41, 5.74) is 9.03. The van der Waals surface area contributed by atoms with Gasteiger partial charge in [-0.15, -0.1) is 5.10 Å². The molecule has 0 spiro atoms. The van der Waals surface area contributed by atoms with Crippen molar-refractivity contribution in [2.75, 3.05) is 5.32 Å². The van der Waals surface area contributed by atoms with E-state index in [1.54, 1.807) is 28.8 Å². The largest absolute Gasteiger partial charge is 0.326 e. The number of aromatic nitrogens is 4. The van der Waals surface area contributed by atoms with Crippen LogP contribution < -0.4 is 11.1 Å². The number of carbonyl (C=O) groups is 1. The van der Waals surface area contributed by atoms with Gasteiger partial charge < -0.3 is 11.1 Å². The fraction of sp³-hybridized carbons (Fsp3) is 0.294. The van der Waals surface area contributed by atoms with E-state index in [9.17, 15) is 4.79 Å². The number of aryl methyl sites for hydroxylation is 2. The first-order valence-corrected chi connectivity index (χ1v) is 8.33. The fourth-order valence-electron chi connectivity index (χ4n) is 2.73. The average Bonchev–Trinajstić information content (AvgIpc) is 2.98. The lowest BCUT2D eigenvalue weighted by Gasteiger charge is -2.10. The second-order valence-electron chi connectivity index (χ2n) is 5.76. The van der Waals surface area contributed by atoms with Crippen LogP contribution in [-0.4, -0.2) is 25.5 Å². The number of halogens is 1. The van der Waals surface area contributed by atoms with Gasteiger partial charge in [-0.1, -0.05) is 17.7 Å². The van der Waals surface area contributed by atoms with Gasteiger partial charge in [0, 0.05) is 28.5 Å². The van der Waals surface area contributed by atoms with Gasteiger partial charge in [0.1, 0.15) is 0 Å². The van der Waals surface area contributed by atoms with Crippen molar-refractivity contribution in [3.05, 3.63) is 52.1 Å². The maximum absolute atomic E-state index is 12.2. The summed E-state index contributed by atoms with van der Waals surface area (Å²) in [4.78, 5) is 20.9. The molecule has 0 saturated heterocycles. The molecule has 2 heterocycles. The van der Waals surface area contributed by atoms with Crippen LogP contribution in [0, 0.1) is 13.8 Å². The third kappa shape index (κ3) is 3.78. The molecule has 3 N–H and O–H groups in total. The molecule has 0 bridgehead atoms. The van der Waals surface area contributed by atoms with Gasteiger partial charge in [0.05, 0.1) is 6.54 Å². The SMILES string of the molecule is Cc1nc2nc(CN)nn2c(C)c1CCC(=O)Nc1cccc(Cl)c1. The lowest BCUT2D eigenvalue weighted by Crippen LogP contribution is -2.14. The third-order valence-corrected chi connectivity index (χ3v) is 4.22. The highest BCUT2D eigenvalue weighted by atomic mass is 35.5. The Morgan fingerprint density at radius 3 is 2.84 bits per heavy atom. The molecule has 0 radical (unpaired) electrons. The minimum absolute atomic E-state index is 0.0811. The minimum atomic E-state index is -0.0811. The first-order valence-electron chi connectivity index (χ1n) is 7.95. The Kier molecular flexibility index (Phi) is 4.96. The lowest BCUT2D eigenvalue weighted by molar-refractivity contribution is -0.116. The number of anilines is 1. The Hall–Kier alpha value is -2.51. The van der Waals surface area contributed by atoms with Crippen LogP contribution >= 0.6 is 11.6 Å². The van der Waals surface area contributed by atoms with Gasteiger partial charge in [0.2, 0.25) is 5.91 Å². The molecular formula is C17H19ClN6O. The summed E-state index contributed by atoms with van der Waals surface area (Å²) in [6, 6.07) is 7.08. The topological polar surface area (TPSA) is 98.2 Å². The molecule has 1 amide bonds. The maximum Gasteiger partial charge on any atom is 0.252 e. The quantitative estimate of drug-likeness (QED) is 0.729. The molecule has 0 aliphatic rings. The van der Waals surface area contributed by atoms with Crippen LogP contribution in [0.1, 0.15) is 29.2 Å². The Morgan fingerprint density at radius 1 is 1.32 bits per heavy atom. The second kappa shape index (κ2) is 7.16. The summed E-state index contributed by atoms with van der Waals surface area (Å²) in [6.45, 7) is 4.12. The zero-order chi connectivity index (χ0) is 18.0. The van der Waals surface area contributed by atoms with Gasteiger partial charge in [-0.25, -0.2) is 9.50 Å². The molecule has 0 fully saturated rings. The van der Waals surface area contributed by atoms with E-state index in [-0.39, 0.29) is 12.5 Å². The number of benzene rings is 1. The molecule has 3 rings (SSSR count). The van der Waals surface area contributed by atoms with Crippen molar-refractivity contribution >= 4 is 29.0 Å². The Balaban J connectivity index is 1.75. The maximum atomic E-state index is 12.2. The number of hydrogen-bond acceptors (Lipinski definition) is 5. The number of nitrogens with one attached hydrogen (secondary N) is 1. The average molecular weight is 359 g/mol. The van der Waals surface area contributed by atoms with Crippen molar-refractivity contribution in [1.82, 2.24) is 19.6 Å². The summed E-state index contributed by atoms with van der Waals surface area (Å²) in [5.74, 6) is 0.996. The smallest absolute Gasteiger partial charge is 0.252 e. The van der Waals surface area contributed by atoms with E-state index in [1.165, 1.54) is 0 Å². The van der Waals surface area contributed by atoms with Gasteiger partial charge in [-0.2, -0.15) is 4.98 Å². The second-order valence-corrected chi connectivity index (χ2v) is 6.20. The zero-order valence-electron chi connectivity index (χ0n) is 14.1. The molecule has 2 aromatic heterocycles. The van der Waals surface area contributed by atoms with Gasteiger partial charge in [-0.05, 0) is 44.0 Å². The molecule has 130 valence electrons. The Bertz CT molecular complexity index is 936.